The summed E-state index contributed by atoms with van der Waals surface area (Å²) in [4.78, 5) is 4.61. The molecule has 1 unspecified atom stereocenters. The lowest BCUT2D eigenvalue weighted by Gasteiger charge is -2.13. The second-order valence-corrected chi connectivity index (χ2v) is 8.51. The second-order valence-electron chi connectivity index (χ2n) is 5.43. The van der Waals surface area contributed by atoms with Gasteiger partial charge >= 0.3 is 0 Å². The van der Waals surface area contributed by atoms with Gasteiger partial charge in [0.25, 0.3) is 0 Å². The quantitative estimate of drug-likeness (QED) is 0.716. The first-order valence-electron chi connectivity index (χ1n) is 7.28. The van der Waals surface area contributed by atoms with Gasteiger partial charge in [-0.1, -0.05) is 6.42 Å². The minimum Gasteiger partial charge on any atom is -0.312 e. The number of rotatable bonds is 4. The number of likely N-dealkylation sites (N-methyl/N-ethyl adjacent to an activating group) is 1. The van der Waals surface area contributed by atoms with Crippen molar-refractivity contribution in [3.63, 3.8) is 0 Å². The minimum atomic E-state index is 0.456. The highest BCUT2D eigenvalue weighted by atomic mass is 79.9. The largest absolute Gasteiger partial charge is 0.312 e. The zero-order chi connectivity index (χ0) is 13.9. The molecule has 20 heavy (non-hydrogen) atoms. The summed E-state index contributed by atoms with van der Waals surface area (Å²) in [5.74, 6) is 0. The van der Waals surface area contributed by atoms with Gasteiger partial charge in [0.05, 0.1) is 0 Å². The van der Waals surface area contributed by atoms with Crippen LogP contribution in [0.5, 0.6) is 0 Å². The van der Waals surface area contributed by atoms with Crippen molar-refractivity contribution in [1.29, 1.82) is 0 Å². The molecule has 0 spiro atoms. The Balaban J connectivity index is 1.79. The standard InChI is InChI=1S/C16H20BrNS2/c1-18-14(9-13-8-12(17)10-19-13)16-7-11-5-3-2-4-6-15(11)20-16/h7-8,10,14,18H,2-6,9H2,1H3. The number of hydrogen-bond acceptors (Lipinski definition) is 3. The minimum absolute atomic E-state index is 0.456. The van der Waals surface area contributed by atoms with Gasteiger partial charge in [-0.05, 0) is 66.4 Å². The van der Waals surface area contributed by atoms with E-state index >= 15 is 0 Å². The molecule has 0 saturated carbocycles. The van der Waals surface area contributed by atoms with Crippen LogP contribution in [0.4, 0.5) is 0 Å². The summed E-state index contributed by atoms with van der Waals surface area (Å²) in [5, 5.41) is 5.67. The molecule has 2 aromatic heterocycles. The van der Waals surface area contributed by atoms with Crippen LogP contribution in [0.15, 0.2) is 22.0 Å². The molecule has 108 valence electrons. The van der Waals surface area contributed by atoms with Crippen LogP contribution in [-0.2, 0) is 19.3 Å². The molecule has 0 aromatic carbocycles. The second kappa shape index (κ2) is 6.73. The van der Waals surface area contributed by atoms with E-state index in [1.165, 1.54) is 46.3 Å². The Morgan fingerprint density at radius 1 is 1.25 bits per heavy atom. The van der Waals surface area contributed by atoms with E-state index in [-0.39, 0.29) is 0 Å². The average molecular weight is 370 g/mol. The van der Waals surface area contributed by atoms with Crippen molar-refractivity contribution in [2.75, 3.05) is 7.05 Å². The van der Waals surface area contributed by atoms with Crippen LogP contribution in [-0.4, -0.2) is 7.05 Å². The molecule has 1 nitrogen and oxygen atoms in total. The van der Waals surface area contributed by atoms with Crippen molar-refractivity contribution in [3.8, 4) is 0 Å². The molecule has 0 fully saturated rings. The summed E-state index contributed by atoms with van der Waals surface area (Å²) in [6, 6.07) is 5.17. The van der Waals surface area contributed by atoms with Crippen molar-refractivity contribution in [3.05, 3.63) is 42.2 Å². The zero-order valence-corrected chi connectivity index (χ0v) is 15.0. The van der Waals surface area contributed by atoms with Gasteiger partial charge in [0.15, 0.2) is 0 Å². The van der Waals surface area contributed by atoms with Crippen molar-refractivity contribution in [2.24, 2.45) is 0 Å². The number of aryl methyl sites for hydroxylation is 2. The highest BCUT2D eigenvalue weighted by Crippen LogP contribution is 2.34. The van der Waals surface area contributed by atoms with Gasteiger partial charge in [-0.25, -0.2) is 0 Å². The van der Waals surface area contributed by atoms with E-state index in [4.69, 9.17) is 0 Å². The Labute approximate surface area is 137 Å². The van der Waals surface area contributed by atoms with E-state index in [0.29, 0.717) is 6.04 Å². The Bertz CT molecular complexity index is 549. The van der Waals surface area contributed by atoms with E-state index in [2.05, 4.69) is 45.8 Å². The maximum atomic E-state index is 3.55. The SMILES string of the molecule is CNC(Cc1cc(Br)cs1)c1cc2c(s1)CCCCC2. The Morgan fingerprint density at radius 2 is 2.10 bits per heavy atom. The Hall–Kier alpha value is -0.160. The lowest BCUT2D eigenvalue weighted by Crippen LogP contribution is -2.17. The molecule has 4 heteroatoms. The van der Waals surface area contributed by atoms with E-state index in [9.17, 15) is 0 Å². The molecule has 2 aromatic rings. The number of thiophene rings is 2. The molecular formula is C16H20BrNS2. The molecule has 1 aliphatic rings. The third-order valence-corrected chi connectivity index (χ3v) is 7.06. The lowest BCUT2D eigenvalue weighted by molar-refractivity contribution is 0.606. The first kappa shape index (κ1) is 14.8. The van der Waals surface area contributed by atoms with E-state index in [0.717, 1.165) is 6.42 Å². The molecule has 1 N–H and O–H groups in total. The van der Waals surface area contributed by atoms with Crippen LogP contribution in [0.25, 0.3) is 0 Å². The predicted octanol–water partition coefficient (Wildman–Crippen LogP) is 5.34. The van der Waals surface area contributed by atoms with Crippen LogP contribution in [0.2, 0.25) is 0 Å². The Morgan fingerprint density at radius 3 is 2.85 bits per heavy atom. The summed E-state index contributed by atoms with van der Waals surface area (Å²) in [5.41, 5.74) is 1.62. The van der Waals surface area contributed by atoms with E-state index in [1.807, 2.05) is 22.7 Å². The first-order chi connectivity index (χ1) is 9.76. The number of fused-ring (bicyclic) bond motifs is 1. The summed E-state index contributed by atoms with van der Waals surface area (Å²) >= 11 is 7.43. The van der Waals surface area contributed by atoms with E-state index in [1.54, 1.807) is 10.4 Å². The van der Waals surface area contributed by atoms with Gasteiger partial charge in [0, 0.05) is 36.9 Å². The predicted molar refractivity (Wildman–Crippen MR) is 93.1 cm³/mol. The third kappa shape index (κ3) is 3.35. The summed E-state index contributed by atoms with van der Waals surface area (Å²) in [6.07, 6.45) is 7.80. The molecular weight excluding hydrogens is 350 g/mol. The number of hydrogen-bond donors (Lipinski definition) is 1. The molecule has 0 bridgehead atoms. The highest BCUT2D eigenvalue weighted by molar-refractivity contribution is 9.10. The van der Waals surface area contributed by atoms with E-state index < -0.39 is 0 Å². The maximum absolute atomic E-state index is 3.55. The van der Waals surface area contributed by atoms with Crippen molar-refractivity contribution >= 4 is 38.6 Å². The molecule has 0 radical (unpaired) electrons. The first-order valence-corrected chi connectivity index (χ1v) is 9.77. The topological polar surface area (TPSA) is 12.0 Å². The van der Waals surface area contributed by atoms with Gasteiger partial charge in [0.2, 0.25) is 0 Å². The molecule has 0 amide bonds. The molecule has 1 aliphatic carbocycles. The fraction of sp³-hybridized carbons (Fsp3) is 0.500. The molecule has 0 saturated heterocycles. The zero-order valence-electron chi connectivity index (χ0n) is 11.7. The third-order valence-electron chi connectivity index (χ3n) is 3.98. The van der Waals surface area contributed by atoms with Gasteiger partial charge in [-0.2, -0.15) is 0 Å². The van der Waals surface area contributed by atoms with Gasteiger partial charge in [-0.3, -0.25) is 0 Å². The van der Waals surface area contributed by atoms with Crippen LogP contribution in [0, 0.1) is 0 Å². The molecule has 2 heterocycles. The summed E-state index contributed by atoms with van der Waals surface area (Å²) < 4.78 is 1.20. The van der Waals surface area contributed by atoms with Crippen molar-refractivity contribution in [1.82, 2.24) is 5.32 Å². The van der Waals surface area contributed by atoms with Crippen LogP contribution < -0.4 is 5.32 Å². The summed E-state index contributed by atoms with van der Waals surface area (Å²) in [7, 11) is 2.08. The van der Waals surface area contributed by atoms with Crippen molar-refractivity contribution < 1.29 is 0 Å². The van der Waals surface area contributed by atoms with Crippen LogP contribution in [0.1, 0.15) is 45.5 Å². The monoisotopic (exact) mass is 369 g/mol. The normalized spacial score (nSPS) is 16.7. The molecule has 3 rings (SSSR count). The van der Waals surface area contributed by atoms with Gasteiger partial charge < -0.3 is 5.32 Å². The fourth-order valence-corrected chi connectivity index (χ4v) is 5.73. The molecule has 1 atom stereocenters. The average Bonchev–Trinajstić information content (AvgIpc) is 2.97. The fourth-order valence-electron chi connectivity index (χ4n) is 2.87. The Kier molecular flexibility index (Phi) is 4.97. The number of nitrogens with one attached hydrogen (secondary N) is 1. The number of halogens is 1. The maximum Gasteiger partial charge on any atom is 0.0461 e. The van der Waals surface area contributed by atoms with Crippen molar-refractivity contribution in [2.45, 2.75) is 44.6 Å². The van der Waals surface area contributed by atoms with Crippen LogP contribution >= 0.6 is 38.6 Å². The summed E-state index contributed by atoms with van der Waals surface area (Å²) in [6.45, 7) is 0. The smallest absolute Gasteiger partial charge is 0.0461 e. The lowest BCUT2D eigenvalue weighted by atomic mass is 10.1. The van der Waals surface area contributed by atoms with Gasteiger partial charge in [0.1, 0.15) is 0 Å². The highest BCUT2D eigenvalue weighted by Gasteiger charge is 2.18. The van der Waals surface area contributed by atoms with Crippen LogP contribution in [0.3, 0.4) is 0 Å². The van der Waals surface area contributed by atoms with Gasteiger partial charge in [-0.15, -0.1) is 22.7 Å². The molecule has 0 aliphatic heterocycles.